The predicted molar refractivity (Wildman–Crippen MR) is 122 cm³/mol. The second-order valence-electron chi connectivity index (χ2n) is 7.16. The normalized spacial score (nSPS) is 11.3. The van der Waals surface area contributed by atoms with E-state index in [2.05, 4.69) is 108 Å². The van der Waals surface area contributed by atoms with Crippen molar-refractivity contribution in [3.63, 3.8) is 0 Å². The highest BCUT2D eigenvalue weighted by atomic mass is 16.5. The largest absolute Gasteiger partial charge is 0.492 e. The summed E-state index contributed by atoms with van der Waals surface area (Å²) >= 11 is 0. The molecule has 0 spiro atoms. The summed E-state index contributed by atoms with van der Waals surface area (Å²) in [5, 5.41) is 1.24. The molecule has 4 rings (SSSR count). The van der Waals surface area contributed by atoms with Gasteiger partial charge in [-0.2, -0.15) is 0 Å². The first-order chi connectivity index (χ1) is 14.3. The molecule has 0 fully saturated rings. The maximum absolute atomic E-state index is 5.96. The Labute approximate surface area is 173 Å². The maximum Gasteiger partial charge on any atom is 0.119 e. The Hall–Kier alpha value is -3.04. The van der Waals surface area contributed by atoms with E-state index in [1.54, 1.807) is 0 Å². The number of likely N-dealkylation sites (N-methyl/N-ethyl adjacent to an activating group) is 1. The molecule has 3 nitrogen and oxygen atoms in total. The van der Waals surface area contributed by atoms with E-state index in [4.69, 9.17) is 4.74 Å². The lowest BCUT2D eigenvalue weighted by Gasteiger charge is -2.18. The summed E-state index contributed by atoms with van der Waals surface area (Å²) in [6, 6.07) is 29.8. The zero-order valence-electron chi connectivity index (χ0n) is 17.2. The Balaban J connectivity index is 1.63. The molecule has 0 saturated heterocycles. The average molecular weight is 385 g/mol. The van der Waals surface area contributed by atoms with Gasteiger partial charge in [0.2, 0.25) is 0 Å². The quantitative estimate of drug-likeness (QED) is 0.370. The van der Waals surface area contributed by atoms with E-state index in [1.807, 2.05) is 0 Å². The number of fused-ring (bicyclic) bond motifs is 1. The van der Waals surface area contributed by atoms with Crippen molar-refractivity contribution < 1.29 is 4.74 Å². The molecule has 29 heavy (non-hydrogen) atoms. The summed E-state index contributed by atoms with van der Waals surface area (Å²) in [7, 11) is 0. The molecule has 148 valence electrons. The van der Waals surface area contributed by atoms with E-state index in [0.29, 0.717) is 6.61 Å². The Morgan fingerprint density at radius 2 is 1.48 bits per heavy atom. The van der Waals surface area contributed by atoms with Gasteiger partial charge in [-0.25, -0.2) is 0 Å². The van der Waals surface area contributed by atoms with Gasteiger partial charge in [0.25, 0.3) is 0 Å². The van der Waals surface area contributed by atoms with Crippen LogP contribution in [0.15, 0.2) is 84.9 Å². The third kappa shape index (κ3) is 4.20. The van der Waals surface area contributed by atoms with E-state index in [0.717, 1.165) is 31.1 Å². The molecule has 1 aromatic heterocycles. The number of aromatic nitrogens is 1. The number of nitrogens with zero attached hydrogens (tertiary/aromatic N) is 2. The molecule has 0 saturated carbocycles. The van der Waals surface area contributed by atoms with Crippen LogP contribution in [-0.2, 0) is 0 Å². The van der Waals surface area contributed by atoms with Crippen LogP contribution in [0.5, 0.6) is 5.75 Å². The number of benzene rings is 3. The van der Waals surface area contributed by atoms with Crippen molar-refractivity contribution in [2.24, 2.45) is 0 Å². The lowest BCUT2D eigenvalue weighted by Crippen LogP contribution is -2.27. The number of hydrogen-bond acceptors (Lipinski definition) is 2. The molecule has 3 aromatic carbocycles. The summed E-state index contributed by atoms with van der Waals surface area (Å²) in [5.41, 5.74) is 4.76. The topological polar surface area (TPSA) is 17.4 Å². The van der Waals surface area contributed by atoms with Crippen LogP contribution in [0.2, 0.25) is 0 Å². The van der Waals surface area contributed by atoms with Crippen LogP contribution < -0.4 is 4.74 Å². The fraction of sp³-hybridized carbons (Fsp3) is 0.231. The van der Waals surface area contributed by atoms with Crippen LogP contribution in [0.1, 0.15) is 13.8 Å². The zero-order valence-corrected chi connectivity index (χ0v) is 17.2. The SMILES string of the molecule is CCN(CC)CCOc1ccc(-n2c(-c3ccccc3)cc3ccccc32)cc1. The molecule has 0 N–H and O–H groups in total. The molecule has 0 aliphatic carbocycles. The molecule has 0 bridgehead atoms. The van der Waals surface area contributed by atoms with Crippen LogP contribution in [0.25, 0.3) is 27.8 Å². The van der Waals surface area contributed by atoms with E-state index in [9.17, 15) is 0 Å². The van der Waals surface area contributed by atoms with Gasteiger partial charge in [-0.05, 0) is 55.1 Å². The van der Waals surface area contributed by atoms with Gasteiger partial charge in [0.05, 0.1) is 11.2 Å². The fourth-order valence-corrected chi connectivity index (χ4v) is 3.78. The van der Waals surface area contributed by atoms with Crippen molar-refractivity contribution in [3.8, 4) is 22.7 Å². The Kier molecular flexibility index (Phi) is 5.97. The fourth-order valence-electron chi connectivity index (χ4n) is 3.78. The Morgan fingerprint density at radius 3 is 2.21 bits per heavy atom. The van der Waals surface area contributed by atoms with E-state index >= 15 is 0 Å². The smallest absolute Gasteiger partial charge is 0.119 e. The first-order valence-corrected chi connectivity index (χ1v) is 10.4. The molecule has 1 heterocycles. The van der Waals surface area contributed by atoms with Gasteiger partial charge >= 0.3 is 0 Å². The zero-order chi connectivity index (χ0) is 20.1. The monoisotopic (exact) mass is 384 g/mol. The average Bonchev–Trinajstić information content (AvgIpc) is 3.17. The van der Waals surface area contributed by atoms with Gasteiger partial charge < -0.3 is 14.2 Å². The van der Waals surface area contributed by atoms with Gasteiger partial charge in [-0.3, -0.25) is 0 Å². The van der Waals surface area contributed by atoms with Crippen LogP contribution in [0.4, 0.5) is 0 Å². The minimum atomic E-state index is 0.711. The molecule has 0 aliphatic rings. The highest BCUT2D eigenvalue weighted by molar-refractivity contribution is 5.89. The summed E-state index contributed by atoms with van der Waals surface area (Å²) < 4.78 is 8.29. The van der Waals surface area contributed by atoms with Gasteiger partial charge in [-0.1, -0.05) is 62.4 Å². The van der Waals surface area contributed by atoms with Gasteiger partial charge in [0.15, 0.2) is 0 Å². The third-order valence-corrected chi connectivity index (χ3v) is 5.45. The van der Waals surface area contributed by atoms with Gasteiger partial charge in [-0.15, -0.1) is 0 Å². The molecule has 4 aromatic rings. The molecule has 0 atom stereocenters. The lowest BCUT2D eigenvalue weighted by atomic mass is 10.1. The minimum absolute atomic E-state index is 0.711. The highest BCUT2D eigenvalue weighted by Gasteiger charge is 2.12. The molecular weight excluding hydrogens is 356 g/mol. The lowest BCUT2D eigenvalue weighted by molar-refractivity contribution is 0.223. The molecule has 0 unspecified atom stereocenters. The van der Waals surface area contributed by atoms with Gasteiger partial charge in [0, 0.05) is 17.6 Å². The Morgan fingerprint density at radius 1 is 0.793 bits per heavy atom. The predicted octanol–water partition coefficient (Wildman–Crippen LogP) is 6.02. The first kappa shape index (κ1) is 19.3. The highest BCUT2D eigenvalue weighted by Crippen LogP contribution is 2.32. The van der Waals surface area contributed by atoms with Crippen LogP contribution in [0, 0.1) is 0 Å². The number of rotatable bonds is 8. The van der Waals surface area contributed by atoms with Crippen molar-refractivity contribution in [2.75, 3.05) is 26.2 Å². The van der Waals surface area contributed by atoms with Gasteiger partial charge in [0.1, 0.15) is 12.4 Å². The standard InChI is InChI=1S/C26H28N2O/c1-3-27(4-2)18-19-29-24-16-14-23(15-17-24)28-25-13-9-8-12-22(25)20-26(28)21-10-6-5-7-11-21/h5-17,20H,3-4,18-19H2,1-2H3. The van der Waals surface area contributed by atoms with Crippen molar-refractivity contribution in [2.45, 2.75) is 13.8 Å². The van der Waals surface area contributed by atoms with Crippen LogP contribution in [0.3, 0.4) is 0 Å². The summed E-state index contributed by atoms with van der Waals surface area (Å²) in [4.78, 5) is 2.37. The van der Waals surface area contributed by atoms with E-state index in [1.165, 1.54) is 22.2 Å². The molecule has 0 amide bonds. The second-order valence-corrected chi connectivity index (χ2v) is 7.16. The summed E-state index contributed by atoms with van der Waals surface area (Å²) in [6.07, 6.45) is 0. The van der Waals surface area contributed by atoms with Crippen molar-refractivity contribution in [3.05, 3.63) is 84.9 Å². The molecule has 0 radical (unpaired) electrons. The Bertz CT molecular complexity index is 1050. The van der Waals surface area contributed by atoms with Crippen LogP contribution >= 0.6 is 0 Å². The molecular formula is C26H28N2O. The van der Waals surface area contributed by atoms with E-state index in [-0.39, 0.29) is 0 Å². The number of ether oxygens (including phenoxy) is 1. The van der Waals surface area contributed by atoms with E-state index < -0.39 is 0 Å². The van der Waals surface area contributed by atoms with Crippen LogP contribution in [-0.4, -0.2) is 35.7 Å². The molecule has 3 heteroatoms. The second kappa shape index (κ2) is 8.97. The van der Waals surface area contributed by atoms with Crippen molar-refractivity contribution in [1.82, 2.24) is 9.47 Å². The number of para-hydroxylation sites is 1. The third-order valence-electron chi connectivity index (χ3n) is 5.45. The van der Waals surface area contributed by atoms with Crippen molar-refractivity contribution in [1.29, 1.82) is 0 Å². The molecule has 0 aliphatic heterocycles. The summed E-state index contributed by atoms with van der Waals surface area (Å²) in [5.74, 6) is 0.915. The van der Waals surface area contributed by atoms with Crippen molar-refractivity contribution >= 4 is 10.9 Å². The summed E-state index contributed by atoms with van der Waals surface area (Å²) in [6.45, 7) is 8.15. The minimum Gasteiger partial charge on any atom is -0.492 e. The first-order valence-electron chi connectivity index (χ1n) is 10.4. The number of hydrogen-bond donors (Lipinski definition) is 0. The maximum atomic E-state index is 5.96.